The molecule has 1 unspecified atom stereocenters. The minimum Gasteiger partial charge on any atom is -0.395 e. The highest BCUT2D eigenvalue weighted by Crippen LogP contribution is 2.35. The highest BCUT2D eigenvalue weighted by Gasteiger charge is 2.32. The topological polar surface area (TPSA) is 69.6 Å². The second-order valence-corrected chi connectivity index (χ2v) is 6.65. The number of amides is 2. The second kappa shape index (κ2) is 6.85. The summed E-state index contributed by atoms with van der Waals surface area (Å²) >= 11 is 0. The van der Waals surface area contributed by atoms with Crippen molar-refractivity contribution in [2.24, 2.45) is 0 Å². The number of carbonyl (C=O) groups is 2. The molecular weight excluding hydrogens is 340 g/mol. The molecule has 5 heteroatoms. The standard InChI is InChI=1S/C22H20N2O3/c1-14(15-6-3-2-4-7-15)23-19-11-10-18-20-16(19)8-5-9-17(20)21(26)24(12-13-25)22(18)27/h2-11,14,23,25H,12-13H2,1H3. The third kappa shape index (κ3) is 2.86. The van der Waals surface area contributed by atoms with E-state index in [-0.39, 0.29) is 31.0 Å². The molecule has 136 valence electrons. The van der Waals surface area contributed by atoms with Crippen LogP contribution in [-0.2, 0) is 0 Å². The van der Waals surface area contributed by atoms with Crippen LogP contribution in [0.1, 0.15) is 39.2 Å². The van der Waals surface area contributed by atoms with Gasteiger partial charge in [-0.2, -0.15) is 0 Å². The van der Waals surface area contributed by atoms with E-state index in [4.69, 9.17) is 0 Å². The van der Waals surface area contributed by atoms with Crippen molar-refractivity contribution >= 4 is 28.3 Å². The van der Waals surface area contributed by atoms with Crippen LogP contribution in [0, 0.1) is 0 Å². The molecule has 3 aromatic carbocycles. The van der Waals surface area contributed by atoms with Crippen molar-refractivity contribution in [1.29, 1.82) is 0 Å². The molecule has 4 rings (SSSR count). The second-order valence-electron chi connectivity index (χ2n) is 6.65. The number of nitrogens with one attached hydrogen (secondary N) is 1. The van der Waals surface area contributed by atoms with Gasteiger partial charge in [0.25, 0.3) is 11.8 Å². The van der Waals surface area contributed by atoms with Gasteiger partial charge < -0.3 is 10.4 Å². The van der Waals surface area contributed by atoms with Crippen molar-refractivity contribution in [3.63, 3.8) is 0 Å². The third-order valence-corrected chi connectivity index (χ3v) is 4.99. The van der Waals surface area contributed by atoms with E-state index in [1.807, 2.05) is 36.4 Å². The first-order valence-corrected chi connectivity index (χ1v) is 8.96. The summed E-state index contributed by atoms with van der Waals surface area (Å²) in [6, 6.07) is 19.3. The lowest BCUT2D eigenvalue weighted by atomic mass is 9.92. The lowest BCUT2D eigenvalue weighted by Gasteiger charge is -2.27. The average Bonchev–Trinajstić information content (AvgIpc) is 2.70. The zero-order valence-corrected chi connectivity index (χ0v) is 15.0. The fraction of sp³-hybridized carbons (Fsp3) is 0.182. The maximum absolute atomic E-state index is 12.7. The fourth-order valence-corrected chi connectivity index (χ4v) is 3.63. The smallest absolute Gasteiger partial charge is 0.261 e. The Morgan fingerprint density at radius 1 is 0.926 bits per heavy atom. The Bertz CT molecular complexity index is 1010. The van der Waals surface area contributed by atoms with Crippen LogP contribution in [0.5, 0.6) is 0 Å². The fourth-order valence-electron chi connectivity index (χ4n) is 3.63. The van der Waals surface area contributed by atoms with Crippen molar-refractivity contribution in [3.05, 3.63) is 77.4 Å². The van der Waals surface area contributed by atoms with Crippen LogP contribution in [0.4, 0.5) is 5.69 Å². The largest absolute Gasteiger partial charge is 0.395 e. The van der Waals surface area contributed by atoms with Gasteiger partial charge in [0.1, 0.15) is 0 Å². The van der Waals surface area contributed by atoms with Gasteiger partial charge >= 0.3 is 0 Å². The maximum atomic E-state index is 12.7. The van der Waals surface area contributed by atoms with Crippen LogP contribution >= 0.6 is 0 Å². The van der Waals surface area contributed by atoms with Crippen molar-refractivity contribution in [2.75, 3.05) is 18.5 Å². The van der Waals surface area contributed by atoms with Crippen molar-refractivity contribution in [1.82, 2.24) is 4.90 Å². The summed E-state index contributed by atoms with van der Waals surface area (Å²) in [4.78, 5) is 26.6. The minimum absolute atomic E-state index is 0.00145. The molecule has 0 saturated carbocycles. The highest BCUT2D eigenvalue weighted by molar-refractivity contribution is 6.26. The Morgan fingerprint density at radius 2 is 1.63 bits per heavy atom. The number of rotatable bonds is 5. The van der Waals surface area contributed by atoms with Crippen LogP contribution in [0.2, 0.25) is 0 Å². The number of hydrogen-bond acceptors (Lipinski definition) is 4. The van der Waals surface area contributed by atoms with E-state index in [2.05, 4.69) is 24.4 Å². The molecule has 3 aromatic rings. The number of aliphatic hydroxyl groups excluding tert-OH is 1. The lowest BCUT2D eigenvalue weighted by Crippen LogP contribution is -2.41. The van der Waals surface area contributed by atoms with Gasteiger partial charge in [-0.1, -0.05) is 42.5 Å². The predicted molar refractivity (Wildman–Crippen MR) is 105 cm³/mol. The summed E-state index contributed by atoms with van der Waals surface area (Å²) in [5, 5.41) is 14.2. The maximum Gasteiger partial charge on any atom is 0.261 e. The number of carbonyl (C=O) groups excluding carboxylic acids is 2. The number of anilines is 1. The molecule has 1 aliphatic rings. The van der Waals surface area contributed by atoms with Gasteiger partial charge in [-0.15, -0.1) is 0 Å². The molecule has 0 fully saturated rings. The van der Waals surface area contributed by atoms with Gasteiger partial charge in [0.15, 0.2) is 0 Å². The van der Waals surface area contributed by atoms with Crippen molar-refractivity contribution < 1.29 is 14.7 Å². The normalized spacial score (nSPS) is 14.5. The predicted octanol–water partition coefficient (Wildman–Crippen LogP) is 3.60. The molecule has 0 saturated heterocycles. The minimum atomic E-state index is -0.361. The molecule has 1 atom stereocenters. The van der Waals surface area contributed by atoms with E-state index < -0.39 is 0 Å². The summed E-state index contributed by atoms with van der Waals surface area (Å²) in [5.74, 6) is -0.721. The molecule has 27 heavy (non-hydrogen) atoms. The lowest BCUT2D eigenvalue weighted by molar-refractivity contribution is 0.0580. The molecule has 0 radical (unpaired) electrons. The molecule has 0 aromatic heterocycles. The summed E-state index contributed by atoms with van der Waals surface area (Å²) in [7, 11) is 0. The molecule has 5 nitrogen and oxygen atoms in total. The highest BCUT2D eigenvalue weighted by atomic mass is 16.3. The average molecular weight is 360 g/mol. The molecule has 2 N–H and O–H groups in total. The number of nitrogens with zero attached hydrogens (tertiary/aromatic N) is 1. The van der Waals surface area contributed by atoms with Crippen molar-refractivity contribution in [2.45, 2.75) is 13.0 Å². The summed E-state index contributed by atoms with van der Waals surface area (Å²) in [6.07, 6.45) is 0. The first-order chi connectivity index (χ1) is 13.1. The van der Waals surface area contributed by atoms with E-state index in [0.29, 0.717) is 16.5 Å². The van der Waals surface area contributed by atoms with Crippen molar-refractivity contribution in [3.8, 4) is 0 Å². The first-order valence-electron chi connectivity index (χ1n) is 8.96. The zero-order chi connectivity index (χ0) is 19.0. The van der Waals surface area contributed by atoms with E-state index in [0.717, 1.165) is 21.5 Å². The number of aliphatic hydroxyl groups is 1. The molecule has 0 spiro atoms. The van der Waals surface area contributed by atoms with E-state index in [1.54, 1.807) is 12.1 Å². The summed E-state index contributed by atoms with van der Waals surface area (Å²) in [6.45, 7) is 1.82. The van der Waals surface area contributed by atoms with Crippen LogP contribution < -0.4 is 5.32 Å². The molecule has 2 amide bonds. The van der Waals surface area contributed by atoms with Gasteiger partial charge in [-0.3, -0.25) is 14.5 Å². The third-order valence-electron chi connectivity index (χ3n) is 4.99. The Labute approximate surface area is 157 Å². The number of hydrogen-bond donors (Lipinski definition) is 2. The first kappa shape index (κ1) is 17.2. The van der Waals surface area contributed by atoms with E-state index >= 15 is 0 Å². The molecule has 0 aliphatic carbocycles. The van der Waals surface area contributed by atoms with Gasteiger partial charge in [0.2, 0.25) is 0 Å². The number of imide groups is 1. The molecular formula is C22H20N2O3. The zero-order valence-electron chi connectivity index (χ0n) is 15.0. The van der Waals surface area contributed by atoms with E-state index in [9.17, 15) is 14.7 Å². The van der Waals surface area contributed by atoms with Gasteiger partial charge in [-0.25, -0.2) is 0 Å². The molecule has 0 bridgehead atoms. The molecule has 1 heterocycles. The Hall–Kier alpha value is -3.18. The van der Waals surface area contributed by atoms with Crippen LogP contribution in [0.3, 0.4) is 0 Å². The molecule has 1 aliphatic heterocycles. The van der Waals surface area contributed by atoms with Gasteiger partial charge in [-0.05, 0) is 30.7 Å². The van der Waals surface area contributed by atoms with Gasteiger partial charge in [0, 0.05) is 33.6 Å². The number of β-amino-alcohol motifs (C(OH)–C–C–N with tert-alkyl or cyclic N) is 1. The Morgan fingerprint density at radius 3 is 2.33 bits per heavy atom. The SMILES string of the molecule is CC(Nc1ccc2c3c(cccc13)C(=O)N(CCO)C2=O)c1ccccc1. The number of benzene rings is 3. The van der Waals surface area contributed by atoms with Crippen LogP contribution in [-0.4, -0.2) is 35.0 Å². The van der Waals surface area contributed by atoms with Crippen LogP contribution in [0.25, 0.3) is 10.8 Å². The quantitative estimate of drug-likeness (QED) is 0.682. The van der Waals surface area contributed by atoms with E-state index in [1.165, 1.54) is 0 Å². The Balaban J connectivity index is 1.80. The van der Waals surface area contributed by atoms with Gasteiger partial charge in [0.05, 0.1) is 13.2 Å². The van der Waals surface area contributed by atoms with Crippen LogP contribution in [0.15, 0.2) is 60.7 Å². The summed E-state index contributed by atoms with van der Waals surface area (Å²) < 4.78 is 0. The monoisotopic (exact) mass is 360 g/mol. The summed E-state index contributed by atoms with van der Waals surface area (Å²) in [5.41, 5.74) is 3.01. The Kier molecular flexibility index (Phi) is 4.38.